The predicted molar refractivity (Wildman–Crippen MR) is 76.7 cm³/mol. The molecule has 0 radical (unpaired) electrons. The number of hydrogen-bond donors (Lipinski definition) is 1. The monoisotopic (exact) mass is 250 g/mol. The summed E-state index contributed by atoms with van der Waals surface area (Å²) in [5, 5.41) is 0. The van der Waals surface area contributed by atoms with Crippen LogP contribution in [0, 0.1) is 13.8 Å². The quantitative estimate of drug-likeness (QED) is 0.768. The molecule has 0 amide bonds. The van der Waals surface area contributed by atoms with Gasteiger partial charge >= 0.3 is 0 Å². The fourth-order valence-electron chi connectivity index (χ4n) is 2.13. The second-order valence-corrected chi connectivity index (χ2v) is 4.78. The number of hydrogen-bond acceptors (Lipinski definition) is 3. The molecule has 0 aliphatic rings. The van der Waals surface area contributed by atoms with E-state index in [2.05, 4.69) is 36.9 Å². The van der Waals surface area contributed by atoms with Gasteiger partial charge in [0.15, 0.2) is 0 Å². The molecule has 2 N–H and O–H groups in total. The Morgan fingerprint density at radius 1 is 1.17 bits per heavy atom. The van der Waals surface area contributed by atoms with Gasteiger partial charge in [0.05, 0.1) is 6.61 Å². The molecule has 1 aromatic carbocycles. The van der Waals surface area contributed by atoms with Crippen LogP contribution in [0.25, 0.3) is 0 Å². The first-order valence-electron chi connectivity index (χ1n) is 6.65. The van der Waals surface area contributed by atoms with E-state index in [9.17, 15) is 0 Å². The number of nitrogens with two attached hydrogens (primary N) is 1. The van der Waals surface area contributed by atoms with E-state index in [0.29, 0.717) is 0 Å². The Bertz CT molecular complexity index is 324. The molecular weight excluding hydrogens is 224 g/mol. The lowest BCUT2D eigenvalue weighted by Crippen LogP contribution is -2.30. The van der Waals surface area contributed by atoms with Crippen LogP contribution in [0.2, 0.25) is 0 Å². The Morgan fingerprint density at radius 2 is 1.83 bits per heavy atom. The van der Waals surface area contributed by atoms with Crippen molar-refractivity contribution in [1.82, 2.24) is 4.90 Å². The SMILES string of the molecule is COCCN(CCCN)Cc1c(C)cccc1C. The topological polar surface area (TPSA) is 38.5 Å². The molecule has 0 atom stereocenters. The Kier molecular flexibility index (Phi) is 6.94. The van der Waals surface area contributed by atoms with Crippen LogP contribution in [0.4, 0.5) is 0 Å². The Balaban J connectivity index is 2.68. The molecule has 0 saturated heterocycles. The van der Waals surface area contributed by atoms with Crippen molar-refractivity contribution in [1.29, 1.82) is 0 Å². The highest BCUT2D eigenvalue weighted by molar-refractivity contribution is 5.33. The summed E-state index contributed by atoms with van der Waals surface area (Å²) >= 11 is 0. The van der Waals surface area contributed by atoms with E-state index in [1.807, 2.05) is 0 Å². The molecule has 3 nitrogen and oxygen atoms in total. The zero-order chi connectivity index (χ0) is 13.4. The summed E-state index contributed by atoms with van der Waals surface area (Å²) in [7, 11) is 1.75. The number of ether oxygens (including phenoxy) is 1. The molecule has 3 heteroatoms. The standard InChI is InChI=1S/C15H26N2O/c1-13-6-4-7-14(2)15(13)12-17(9-5-8-16)10-11-18-3/h4,6-7H,5,8-12,16H2,1-3H3. The van der Waals surface area contributed by atoms with E-state index in [-0.39, 0.29) is 0 Å². The van der Waals surface area contributed by atoms with Crippen molar-refractivity contribution >= 4 is 0 Å². The Morgan fingerprint density at radius 3 is 2.39 bits per heavy atom. The van der Waals surface area contributed by atoms with E-state index >= 15 is 0 Å². The lowest BCUT2D eigenvalue weighted by Gasteiger charge is -2.23. The molecule has 0 unspecified atom stereocenters. The molecule has 0 aliphatic carbocycles. The first kappa shape index (κ1) is 15.2. The minimum Gasteiger partial charge on any atom is -0.383 e. The number of aryl methyl sites for hydroxylation is 2. The number of benzene rings is 1. The van der Waals surface area contributed by atoms with Crippen LogP contribution in [-0.4, -0.2) is 38.3 Å². The summed E-state index contributed by atoms with van der Waals surface area (Å²) in [5.74, 6) is 0. The fourth-order valence-corrected chi connectivity index (χ4v) is 2.13. The summed E-state index contributed by atoms with van der Waals surface area (Å²) in [6, 6.07) is 6.48. The molecule has 0 spiro atoms. The van der Waals surface area contributed by atoms with E-state index in [4.69, 9.17) is 10.5 Å². The zero-order valence-electron chi connectivity index (χ0n) is 11.9. The minimum atomic E-state index is 0.746. The lowest BCUT2D eigenvalue weighted by molar-refractivity contribution is 0.143. The van der Waals surface area contributed by atoms with Crippen LogP contribution >= 0.6 is 0 Å². The van der Waals surface area contributed by atoms with Gasteiger partial charge < -0.3 is 10.5 Å². The summed E-state index contributed by atoms with van der Waals surface area (Å²) < 4.78 is 5.18. The van der Waals surface area contributed by atoms with Crippen LogP contribution in [0.5, 0.6) is 0 Å². The summed E-state index contributed by atoms with van der Waals surface area (Å²) in [4.78, 5) is 2.42. The fraction of sp³-hybridized carbons (Fsp3) is 0.600. The molecule has 1 aromatic rings. The van der Waals surface area contributed by atoms with Crippen molar-refractivity contribution in [3.8, 4) is 0 Å². The van der Waals surface area contributed by atoms with Crippen molar-refractivity contribution in [2.75, 3.05) is 33.4 Å². The van der Waals surface area contributed by atoms with E-state index in [1.165, 1.54) is 16.7 Å². The molecule has 0 heterocycles. The van der Waals surface area contributed by atoms with Crippen LogP contribution in [-0.2, 0) is 11.3 Å². The molecule has 0 aromatic heterocycles. The Hall–Kier alpha value is -0.900. The lowest BCUT2D eigenvalue weighted by atomic mass is 10.0. The predicted octanol–water partition coefficient (Wildman–Crippen LogP) is 2.10. The third kappa shape index (κ3) is 4.77. The van der Waals surface area contributed by atoms with Crippen molar-refractivity contribution in [3.05, 3.63) is 34.9 Å². The zero-order valence-corrected chi connectivity index (χ0v) is 11.9. The van der Waals surface area contributed by atoms with Crippen molar-refractivity contribution in [2.45, 2.75) is 26.8 Å². The second-order valence-electron chi connectivity index (χ2n) is 4.78. The maximum absolute atomic E-state index is 5.60. The average Bonchev–Trinajstić information content (AvgIpc) is 2.36. The van der Waals surface area contributed by atoms with Crippen molar-refractivity contribution < 1.29 is 4.74 Å². The first-order chi connectivity index (χ1) is 8.69. The highest BCUT2D eigenvalue weighted by Crippen LogP contribution is 2.15. The molecule has 0 aliphatic heterocycles. The summed E-state index contributed by atoms with van der Waals surface area (Å²) in [6.07, 6.45) is 1.04. The van der Waals surface area contributed by atoms with Gasteiger partial charge in [0.2, 0.25) is 0 Å². The van der Waals surface area contributed by atoms with E-state index in [1.54, 1.807) is 7.11 Å². The van der Waals surface area contributed by atoms with Crippen molar-refractivity contribution in [2.24, 2.45) is 5.73 Å². The molecule has 0 fully saturated rings. The maximum Gasteiger partial charge on any atom is 0.0589 e. The van der Waals surface area contributed by atoms with Crippen LogP contribution < -0.4 is 5.73 Å². The molecule has 18 heavy (non-hydrogen) atoms. The largest absolute Gasteiger partial charge is 0.383 e. The van der Waals surface area contributed by atoms with Crippen molar-refractivity contribution in [3.63, 3.8) is 0 Å². The van der Waals surface area contributed by atoms with Crippen LogP contribution in [0.1, 0.15) is 23.1 Å². The molecule has 1 rings (SSSR count). The van der Waals surface area contributed by atoms with Gasteiger partial charge in [0, 0.05) is 20.2 Å². The smallest absolute Gasteiger partial charge is 0.0589 e. The highest BCUT2D eigenvalue weighted by atomic mass is 16.5. The van der Waals surface area contributed by atoms with Gasteiger partial charge in [-0.15, -0.1) is 0 Å². The van der Waals surface area contributed by atoms with E-state index in [0.717, 1.165) is 39.2 Å². The van der Waals surface area contributed by atoms with Gasteiger partial charge in [-0.05, 0) is 50.0 Å². The third-order valence-corrected chi connectivity index (χ3v) is 3.32. The van der Waals surface area contributed by atoms with Gasteiger partial charge in [-0.2, -0.15) is 0 Å². The average molecular weight is 250 g/mol. The van der Waals surface area contributed by atoms with Gasteiger partial charge in [0.1, 0.15) is 0 Å². The number of methoxy groups -OCH3 is 1. The summed E-state index contributed by atoms with van der Waals surface area (Å²) in [5.41, 5.74) is 9.77. The first-order valence-corrected chi connectivity index (χ1v) is 6.65. The van der Waals surface area contributed by atoms with Gasteiger partial charge in [-0.25, -0.2) is 0 Å². The van der Waals surface area contributed by atoms with Gasteiger partial charge in [-0.3, -0.25) is 4.90 Å². The van der Waals surface area contributed by atoms with Crippen LogP contribution in [0.3, 0.4) is 0 Å². The van der Waals surface area contributed by atoms with Crippen LogP contribution in [0.15, 0.2) is 18.2 Å². The van der Waals surface area contributed by atoms with E-state index < -0.39 is 0 Å². The second kappa shape index (κ2) is 8.25. The Labute approximate surface area is 111 Å². The molecule has 102 valence electrons. The molecule has 0 saturated carbocycles. The molecular formula is C15H26N2O. The number of nitrogens with zero attached hydrogens (tertiary/aromatic N) is 1. The highest BCUT2D eigenvalue weighted by Gasteiger charge is 2.09. The summed E-state index contributed by atoms with van der Waals surface area (Å²) in [6.45, 7) is 8.87. The van der Waals surface area contributed by atoms with Gasteiger partial charge in [0.25, 0.3) is 0 Å². The minimum absolute atomic E-state index is 0.746. The van der Waals surface area contributed by atoms with Gasteiger partial charge in [-0.1, -0.05) is 18.2 Å². The third-order valence-electron chi connectivity index (χ3n) is 3.32. The maximum atomic E-state index is 5.60. The molecule has 0 bridgehead atoms. The normalized spacial score (nSPS) is 11.2. The number of rotatable bonds is 8.